The Morgan fingerprint density at radius 1 is 1.10 bits per heavy atom. The number of ether oxygens (including phenoxy) is 1. The van der Waals surface area contributed by atoms with E-state index in [4.69, 9.17) is 19.9 Å². The third-order valence-electron chi connectivity index (χ3n) is 8.22. The smallest absolute Gasteiger partial charge is 0.320 e. The van der Waals surface area contributed by atoms with Gasteiger partial charge in [0.15, 0.2) is 0 Å². The van der Waals surface area contributed by atoms with Gasteiger partial charge in [-0.1, -0.05) is 18.2 Å². The van der Waals surface area contributed by atoms with Gasteiger partial charge in [-0.05, 0) is 36.8 Å². The lowest BCUT2D eigenvalue weighted by Gasteiger charge is -2.33. The number of nitriles is 1. The maximum absolute atomic E-state index is 14.0. The Labute approximate surface area is 275 Å². The van der Waals surface area contributed by atoms with Crippen LogP contribution in [0.3, 0.4) is 0 Å². The predicted molar refractivity (Wildman–Crippen MR) is 171 cm³/mol. The van der Waals surface area contributed by atoms with Crippen molar-refractivity contribution >= 4 is 17.8 Å². The SMILES string of the molecule is COCCN1C[C@@H](NC(=O)Nc2c(C)c(-c3cnc(N4CCN(CC#N)CC4)nc3)nn2-c2ccccc2)[C@H](c2cc(F)nc(F)c2)O1. The van der Waals surface area contributed by atoms with Crippen LogP contribution in [0.25, 0.3) is 16.9 Å². The lowest BCUT2D eigenvalue weighted by atomic mass is 10.0. The first kappa shape index (κ1) is 32.8. The van der Waals surface area contributed by atoms with E-state index in [0.717, 1.165) is 25.2 Å². The highest BCUT2D eigenvalue weighted by atomic mass is 19.1. The molecule has 0 unspecified atom stereocenters. The van der Waals surface area contributed by atoms with Crippen molar-refractivity contribution in [3.05, 3.63) is 77.9 Å². The number of nitrogens with one attached hydrogen (secondary N) is 2. The maximum Gasteiger partial charge on any atom is 0.320 e. The van der Waals surface area contributed by atoms with Crippen molar-refractivity contribution < 1.29 is 23.1 Å². The second kappa shape index (κ2) is 14.8. The number of amides is 2. The molecule has 2 amide bonds. The molecule has 5 heterocycles. The molecular formula is C32H35F2N11O3. The van der Waals surface area contributed by atoms with Gasteiger partial charge in [-0.25, -0.2) is 19.4 Å². The summed E-state index contributed by atoms with van der Waals surface area (Å²) in [5, 5.41) is 21.3. The molecule has 16 heteroatoms. The standard InChI is InChI=1S/C32H35F2N11O3/c1-21-28(23-18-36-31(37-19-23)43-12-10-42(9-8-35)11-13-43)41-45(24-6-4-3-5-7-24)30(21)40-32(46)38-25-20-44(14-15-47-2)48-29(25)22-16-26(33)39-27(34)17-22/h3-7,16-19,25,29H,9-15,20H2,1-2H3,(H2,38,40,46)/t25-,29+/m1/s1. The molecule has 2 aliphatic heterocycles. The molecule has 0 saturated carbocycles. The first-order chi connectivity index (χ1) is 23.3. The zero-order valence-electron chi connectivity index (χ0n) is 26.5. The van der Waals surface area contributed by atoms with E-state index in [2.05, 4.69) is 41.5 Å². The van der Waals surface area contributed by atoms with Crippen molar-refractivity contribution in [2.24, 2.45) is 0 Å². The first-order valence-corrected chi connectivity index (χ1v) is 15.5. The number of nitrogens with zero attached hydrogens (tertiary/aromatic N) is 9. The molecule has 6 rings (SSSR count). The van der Waals surface area contributed by atoms with E-state index in [-0.39, 0.29) is 12.1 Å². The molecule has 48 heavy (non-hydrogen) atoms. The second-order valence-corrected chi connectivity index (χ2v) is 11.4. The summed E-state index contributed by atoms with van der Waals surface area (Å²) in [5.41, 5.74) is 2.83. The number of halogens is 2. The van der Waals surface area contributed by atoms with Crippen LogP contribution in [-0.2, 0) is 9.57 Å². The van der Waals surface area contributed by atoms with Crippen molar-refractivity contribution in [1.29, 1.82) is 5.26 Å². The van der Waals surface area contributed by atoms with E-state index >= 15 is 0 Å². The molecule has 3 aromatic heterocycles. The number of carbonyl (C=O) groups is 1. The number of rotatable bonds is 10. The minimum atomic E-state index is -0.989. The van der Waals surface area contributed by atoms with Crippen LogP contribution in [-0.4, -0.2) is 106 Å². The van der Waals surface area contributed by atoms with Gasteiger partial charge < -0.3 is 15.0 Å². The van der Waals surface area contributed by atoms with E-state index in [1.54, 1.807) is 29.2 Å². The summed E-state index contributed by atoms with van der Waals surface area (Å²) < 4.78 is 34.9. The number of para-hydroxylation sites is 1. The zero-order chi connectivity index (χ0) is 33.6. The summed E-state index contributed by atoms with van der Waals surface area (Å²) in [6.07, 6.45) is 2.54. The Morgan fingerprint density at radius 3 is 2.48 bits per heavy atom. The van der Waals surface area contributed by atoms with Gasteiger partial charge in [-0.15, -0.1) is 0 Å². The van der Waals surface area contributed by atoms with Crippen LogP contribution in [0, 0.1) is 30.2 Å². The van der Waals surface area contributed by atoms with Gasteiger partial charge in [0.1, 0.15) is 17.6 Å². The number of anilines is 2. The van der Waals surface area contributed by atoms with E-state index in [9.17, 15) is 13.6 Å². The molecule has 4 aromatic rings. The van der Waals surface area contributed by atoms with Crippen LogP contribution in [0.1, 0.15) is 17.2 Å². The van der Waals surface area contributed by atoms with Crippen molar-refractivity contribution in [2.75, 3.05) is 69.7 Å². The van der Waals surface area contributed by atoms with Crippen molar-refractivity contribution in [3.63, 3.8) is 0 Å². The Kier molecular flexibility index (Phi) is 10.1. The number of urea groups is 1. The fourth-order valence-corrected chi connectivity index (χ4v) is 5.79. The fraction of sp³-hybridized carbons (Fsp3) is 0.375. The summed E-state index contributed by atoms with van der Waals surface area (Å²) in [4.78, 5) is 36.1. The number of methoxy groups -OCH3 is 1. The van der Waals surface area contributed by atoms with Gasteiger partial charge in [0, 0.05) is 69.9 Å². The Hall–Kier alpha value is -5.08. The first-order valence-electron chi connectivity index (χ1n) is 15.5. The second-order valence-electron chi connectivity index (χ2n) is 11.4. The molecule has 2 aliphatic rings. The molecule has 2 fully saturated rings. The Bertz CT molecular complexity index is 1740. The highest BCUT2D eigenvalue weighted by Gasteiger charge is 2.37. The van der Waals surface area contributed by atoms with E-state index in [1.807, 2.05) is 37.3 Å². The number of hydrogen-bond acceptors (Lipinski definition) is 11. The van der Waals surface area contributed by atoms with E-state index in [0.29, 0.717) is 67.1 Å². The monoisotopic (exact) mass is 659 g/mol. The molecule has 0 bridgehead atoms. The van der Waals surface area contributed by atoms with Gasteiger partial charge in [-0.2, -0.15) is 29.2 Å². The molecule has 2 saturated heterocycles. The molecule has 1 aromatic carbocycles. The van der Waals surface area contributed by atoms with Gasteiger partial charge >= 0.3 is 6.03 Å². The van der Waals surface area contributed by atoms with Gasteiger partial charge in [0.25, 0.3) is 0 Å². The summed E-state index contributed by atoms with van der Waals surface area (Å²) in [7, 11) is 1.55. The van der Waals surface area contributed by atoms with Crippen molar-refractivity contribution in [3.8, 4) is 23.0 Å². The summed E-state index contributed by atoms with van der Waals surface area (Å²) in [5.74, 6) is -0.969. The van der Waals surface area contributed by atoms with Gasteiger partial charge in [-0.3, -0.25) is 15.1 Å². The molecule has 0 radical (unpaired) electrons. The number of benzene rings is 1. The van der Waals surface area contributed by atoms with E-state index in [1.165, 1.54) is 0 Å². The molecule has 14 nitrogen and oxygen atoms in total. The van der Waals surface area contributed by atoms with Crippen LogP contribution in [0.5, 0.6) is 0 Å². The van der Waals surface area contributed by atoms with Crippen LogP contribution in [0.2, 0.25) is 0 Å². The van der Waals surface area contributed by atoms with Crippen LogP contribution >= 0.6 is 0 Å². The summed E-state index contributed by atoms with van der Waals surface area (Å²) >= 11 is 0. The number of aromatic nitrogens is 5. The van der Waals surface area contributed by atoms with Crippen LogP contribution in [0.15, 0.2) is 54.9 Å². The molecule has 0 spiro atoms. The topological polar surface area (TPSA) is 150 Å². The number of hydroxylamine groups is 2. The minimum absolute atomic E-state index is 0.200. The third kappa shape index (κ3) is 7.39. The molecule has 250 valence electrons. The van der Waals surface area contributed by atoms with Crippen LogP contribution in [0.4, 0.5) is 25.3 Å². The average molecular weight is 660 g/mol. The highest BCUT2D eigenvalue weighted by Crippen LogP contribution is 2.32. The maximum atomic E-state index is 14.0. The minimum Gasteiger partial charge on any atom is -0.383 e. The molecule has 2 N–H and O–H groups in total. The third-order valence-corrected chi connectivity index (χ3v) is 8.22. The lowest BCUT2D eigenvalue weighted by Crippen LogP contribution is -2.47. The average Bonchev–Trinajstić information content (AvgIpc) is 3.64. The largest absolute Gasteiger partial charge is 0.383 e. The van der Waals surface area contributed by atoms with Gasteiger partial charge in [0.2, 0.25) is 17.8 Å². The van der Waals surface area contributed by atoms with Gasteiger partial charge in [0.05, 0.1) is 31.0 Å². The van der Waals surface area contributed by atoms with Crippen molar-refractivity contribution in [1.82, 2.24) is 40.0 Å². The summed E-state index contributed by atoms with van der Waals surface area (Å²) in [6, 6.07) is 12.5. The number of pyridine rings is 1. The summed E-state index contributed by atoms with van der Waals surface area (Å²) in [6.45, 7) is 6.16. The van der Waals surface area contributed by atoms with E-state index < -0.39 is 30.1 Å². The number of hydrogen-bond donors (Lipinski definition) is 2. The number of carbonyl (C=O) groups excluding carboxylic acids is 1. The Morgan fingerprint density at radius 2 is 1.81 bits per heavy atom. The quantitative estimate of drug-likeness (QED) is 0.191. The number of piperazine rings is 1. The van der Waals surface area contributed by atoms with Crippen molar-refractivity contribution in [2.45, 2.75) is 19.1 Å². The molecular weight excluding hydrogens is 624 g/mol. The highest BCUT2D eigenvalue weighted by molar-refractivity contribution is 5.91. The molecule has 2 atom stereocenters. The lowest BCUT2D eigenvalue weighted by molar-refractivity contribution is -0.154. The Balaban J connectivity index is 1.23. The fourth-order valence-electron chi connectivity index (χ4n) is 5.79. The predicted octanol–water partition coefficient (Wildman–Crippen LogP) is 3.08. The van der Waals surface area contributed by atoms with Crippen LogP contribution < -0.4 is 15.5 Å². The normalized spacial score (nSPS) is 18.5. The molecule has 0 aliphatic carbocycles. The zero-order valence-corrected chi connectivity index (χ0v) is 26.5.